The molecule has 1 aromatic heterocycles. The van der Waals surface area contributed by atoms with Crippen LogP contribution in [0.25, 0.3) is 0 Å². The summed E-state index contributed by atoms with van der Waals surface area (Å²) >= 11 is 1.33. The van der Waals surface area contributed by atoms with Gasteiger partial charge in [-0.15, -0.1) is 11.3 Å². The fourth-order valence-electron chi connectivity index (χ4n) is 2.06. The van der Waals surface area contributed by atoms with Gasteiger partial charge in [-0.1, -0.05) is 50.6 Å². The van der Waals surface area contributed by atoms with Gasteiger partial charge in [0.1, 0.15) is 12.6 Å². The van der Waals surface area contributed by atoms with Gasteiger partial charge in [-0.3, -0.25) is 4.79 Å². The molecule has 0 spiro atoms. The molecule has 24 heavy (non-hydrogen) atoms. The number of nitrogens with zero attached hydrogens (tertiary/aromatic N) is 1. The Bertz CT molecular complexity index is 646. The van der Waals surface area contributed by atoms with Crippen LogP contribution in [0.3, 0.4) is 0 Å². The van der Waals surface area contributed by atoms with E-state index in [0.717, 1.165) is 12.0 Å². The monoisotopic (exact) mass is 347 g/mol. The number of anilines is 1. The highest BCUT2D eigenvalue weighted by Gasteiger charge is 2.27. The maximum absolute atomic E-state index is 12.4. The molecule has 7 heteroatoms. The number of hydrogen-bond acceptors (Lipinski definition) is 5. The van der Waals surface area contributed by atoms with Crippen molar-refractivity contribution in [3.63, 3.8) is 0 Å². The standard InChI is InChI=1S/C17H21N3O3S/c1-3-12(2)14(15(21)20-16-18-9-10-24-16)19-17(22)23-11-13-7-5-4-6-8-13/h4-10,12,14H,3,11H2,1-2H3,(H,19,22)(H,18,20,21)/t12-,14-/m1/s1. The zero-order valence-corrected chi connectivity index (χ0v) is 14.5. The first-order chi connectivity index (χ1) is 11.6. The highest BCUT2D eigenvalue weighted by atomic mass is 32.1. The first-order valence-corrected chi connectivity index (χ1v) is 8.65. The molecule has 0 radical (unpaired) electrons. The minimum absolute atomic E-state index is 0.0331. The molecule has 0 aliphatic heterocycles. The Balaban J connectivity index is 1.92. The lowest BCUT2D eigenvalue weighted by atomic mass is 9.98. The lowest BCUT2D eigenvalue weighted by molar-refractivity contribution is -0.119. The van der Waals surface area contributed by atoms with Crippen molar-refractivity contribution >= 4 is 28.5 Å². The van der Waals surface area contributed by atoms with Crippen molar-refractivity contribution in [2.75, 3.05) is 5.32 Å². The van der Waals surface area contributed by atoms with Crippen LogP contribution in [0, 0.1) is 5.92 Å². The molecule has 1 heterocycles. The molecule has 2 N–H and O–H groups in total. The lowest BCUT2D eigenvalue weighted by Gasteiger charge is -2.22. The SMILES string of the molecule is CC[C@@H](C)[C@@H](NC(=O)OCc1ccccc1)C(=O)Nc1nccs1. The molecule has 0 saturated carbocycles. The van der Waals surface area contributed by atoms with Crippen LogP contribution in [-0.4, -0.2) is 23.0 Å². The number of aromatic nitrogens is 1. The highest BCUT2D eigenvalue weighted by Crippen LogP contribution is 2.14. The van der Waals surface area contributed by atoms with Gasteiger partial charge in [-0.2, -0.15) is 0 Å². The summed E-state index contributed by atoms with van der Waals surface area (Å²) in [6.07, 6.45) is 1.74. The second-order valence-electron chi connectivity index (χ2n) is 5.40. The van der Waals surface area contributed by atoms with Crippen LogP contribution in [0.2, 0.25) is 0 Å². The fraction of sp³-hybridized carbons (Fsp3) is 0.353. The van der Waals surface area contributed by atoms with Crippen molar-refractivity contribution in [3.8, 4) is 0 Å². The third-order valence-electron chi connectivity index (χ3n) is 3.64. The predicted molar refractivity (Wildman–Crippen MR) is 93.7 cm³/mol. The zero-order valence-electron chi connectivity index (χ0n) is 13.7. The average Bonchev–Trinajstić information content (AvgIpc) is 3.11. The third kappa shape index (κ3) is 5.34. The van der Waals surface area contributed by atoms with Crippen molar-refractivity contribution < 1.29 is 14.3 Å². The van der Waals surface area contributed by atoms with E-state index < -0.39 is 12.1 Å². The number of alkyl carbamates (subject to hydrolysis) is 1. The quantitative estimate of drug-likeness (QED) is 0.804. The fourth-order valence-corrected chi connectivity index (χ4v) is 2.59. The van der Waals surface area contributed by atoms with Gasteiger partial charge in [0.15, 0.2) is 5.13 Å². The van der Waals surface area contributed by atoms with Gasteiger partial charge in [0.25, 0.3) is 0 Å². The number of amides is 2. The average molecular weight is 347 g/mol. The van der Waals surface area contributed by atoms with E-state index in [1.807, 2.05) is 44.2 Å². The van der Waals surface area contributed by atoms with Crippen molar-refractivity contribution in [2.45, 2.75) is 32.9 Å². The minimum Gasteiger partial charge on any atom is -0.445 e. The number of rotatable bonds is 7. The van der Waals surface area contributed by atoms with E-state index >= 15 is 0 Å². The Morgan fingerprint density at radius 1 is 1.29 bits per heavy atom. The van der Waals surface area contributed by atoms with Gasteiger partial charge in [-0.25, -0.2) is 9.78 Å². The van der Waals surface area contributed by atoms with Crippen LogP contribution >= 0.6 is 11.3 Å². The number of nitrogens with one attached hydrogen (secondary N) is 2. The predicted octanol–water partition coefficient (Wildman–Crippen LogP) is 3.42. The van der Waals surface area contributed by atoms with Crippen molar-refractivity contribution in [1.82, 2.24) is 10.3 Å². The van der Waals surface area contributed by atoms with Crippen LogP contribution in [0.5, 0.6) is 0 Å². The second kappa shape index (κ2) is 9.02. The maximum atomic E-state index is 12.4. The third-order valence-corrected chi connectivity index (χ3v) is 4.33. The molecular formula is C17H21N3O3S. The van der Waals surface area contributed by atoms with Crippen molar-refractivity contribution in [2.24, 2.45) is 5.92 Å². The minimum atomic E-state index is -0.679. The van der Waals surface area contributed by atoms with Gasteiger partial charge in [-0.05, 0) is 11.5 Å². The molecule has 2 atom stereocenters. The molecule has 128 valence electrons. The Labute approximate surface area is 145 Å². The summed E-state index contributed by atoms with van der Waals surface area (Å²) in [7, 11) is 0. The van der Waals surface area contributed by atoms with Crippen LogP contribution in [0.15, 0.2) is 41.9 Å². The maximum Gasteiger partial charge on any atom is 0.408 e. The Morgan fingerprint density at radius 3 is 2.67 bits per heavy atom. The molecule has 0 saturated heterocycles. The highest BCUT2D eigenvalue weighted by molar-refractivity contribution is 7.13. The van der Waals surface area contributed by atoms with Crippen LogP contribution in [0.1, 0.15) is 25.8 Å². The number of hydrogen-bond donors (Lipinski definition) is 2. The molecule has 0 unspecified atom stereocenters. The van der Waals surface area contributed by atoms with Gasteiger partial charge in [0, 0.05) is 11.6 Å². The molecule has 0 aliphatic carbocycles. The molecule has 2 rings (SSSR count). The van der Waals surface area contributed by atoms with Gasteiger partial charge in [0.05, 0.1) is 0 Å². The second-order valence-corrected chi connectivity index (χ2v) is 6.29. The van der Waals surface area contributed by atoms with E-state index in [-0.39, 0.29) is 18.4 Å². The lowest BCUT2D eigenvalue weighted by Crippen LogP contribution is -2.47. The summed E-state index contributed by atoms with van der Waals surface area (Å²) in [5.41, 5.74) is 0.889. The summed E-state index contributed by atoms with van der Waals surface area (Å²) in [6, 6.07) is 8.71. The number of carbonyl (C=O) groups excluding carboxylic acids is 2. The topological polar surface area (TPSA) is 80.3 Å². The van der Waals surface area contributed by atoms with Gasteiger partial charge < -0.3 is 15.4 Å². The summed E-state index contributed by atoms with van der Waals surface area (Å²) in [4.78, 5) is 28.5. The first kappa shape index (κ1) is 17.9. The van der Waals surface area contributed by atoms with E-state index in [1.165, 1.54) is 11.3 Å². The molecule has 0 bridgehead atoms. The summed E-state index contributed by atoms with van der Waals surface area (Å²) in [5, 5.41) is 7.65. The van der Waals surface area contributed by atoms with E-state index in [4.69, 9.17) is 4.74 Å². The molecule has 1 aromatic carbocycles. The number of carbonyl (C=O) groups is 2. The normalized spacial score (nSPS) is 12.9. The molecule has 0 fully saturated rings. The molecule has 0 aliphatic rings. The van der Waals surface area contributed by atoms with Crippen molar-refractivity contribution in [1.29, 1.82) is 0 Å². The summed E-state index contributed by atoms with van der Waals surface area (Å²) in [6.45, 7) is 4.03. The van der Waals surface area contributed by atoms with Gasteiger partial charge in [0.2, 0.25) is 5.91 Å². The zero-order chi connectivity index (χ0) is 17.4. The molecule has 2 amide bonds. The summed E-state index contributed by atoms with van der Waals surface area (Å²) < 4.78 is 5.20. The van der Waals surface area contributed by atoms with Crippen LogP contribution < -0.4 is 10.6 Å². The van der Waals surface area contributed by atoms with Crippen molar-refractivity contribution in [3.05, 3.63) is 47.5 Å². The van der Waals surface area contributed by atoms with E-state index in [2.05, 4.69) is 15.6 Å². The van der Waals surface area contributed by atoms with E-state index in [0.29, 0.717) is 5.13 Å². The Morgan fingerprint density at radius 2 is 2.04 bits per heavy atom. The van der Waals surface area contributed by atoms with Crippen LogP contribution in [-0.2, 0) is 16.1 Å². The number of thiazole rings is 1. The molecular weight excluding hydrogens is 326 g/mol. The van der Waals surface area contributed by atoms with E-state index in [9.17, 15) is 9.59 Å². The smallest absolute Gasteiger partial charge is 0.408 e. The Hall–Kier alpha value is -2.41. The number of benzene rings is 1. The Kier molecular flexibility index (Phi) is 6.74. The molecule has 2 aromatic rings. The first-order valence-electron chi connectivity index (χ1n) is 7.77. The van der Waals surface area contributed by atoms with Crippen LogP contribution in [0.4, 0.5) is 9.93 Å². The molecule has 6 nitrogen and oxygen atoms in total. The largest absolute Gasteiger partial charge is 0.445 e. The summed E-state index contributed by atoms with van der Waals surface area (Å²) in [5.74, 6) is -0.329. The number of ether oxygens (including phenoxy) is 1. The van der Waals surface area contributed by atoms with E-state index in [1.54, 1.807) is 11.6 Å². The van der Waals surface area contributed by atoms with Gasteiger partial charge >= 0.3 is 6.09 Å².